The van der Waals surface area contributed by atoms with Crippen molar-refractivity contribution in [1.29, 1.82) is 0 Å². The van der Waals surface area contributed by atoms with Crippen molar-refractivity contribution in [2.45, 2.75) is 26.8 Å². The van der Waals surface area contributed by atoms with Gasteiger partial charge in [-0.05, 0) is 41.1 Å². The van der Waals surface area contributed by atoms with Crippen molar-refractivity contribution in [3.63, 3.8) is 0 Å². The van der Waals surface area contributed by atoms with E-state index in [1.165, 1.54) is 4.68 Å². The lowest BCUT2D eigenvalue weighted by Gasteiger charge is -2.04. The van der Waals surface area contributed by atoms with E-state index in [4.69, 9.17) is 4.74 Å². The van der Waals surface area contributed by atoms with Crippen molar-refractivity contribution in [3.8, 4) is 0 Å². The zero-order chi connectivity index (χ0) is 15.1. The number of hydrogen-bond donors (Lipinski definition) is 1. The predicted molar refractivity (Wildman–Crippen MR) is 75.4 cm³/mol. The highest BCUT2D eigenvalue weighted by molar-refractivity contribution is 9.10. The Morgan fingerprint density at radius 3 is 2.85 bits per heavy atom. The van der Waals surface area contributed by atoms with Crippen LogP contribution in [0.5, 0.6) is 0 Å². The Kier molecular flexibility index (Phi) is 6.59. The molecule has 1 N–H and O–H groups in total. The number of carbonyl (C=O) groups excluding carboxylic acids is 1. The van der Waals surface area contributed by atoms with E-state index in [9.17, 15) is 14.9 Å². The maximum Gasteiger partial charge on any atom is 0.404 e. The summed E-state index contributed by atoms with van der Waals surface area (Å²) >= 11 is 3.10. The Labute approximate surface area is 124 Å². The Balaban J connectivity index is 2.50. The van der Waals surface area contributed by atoms with Crippen LogP contribution in [0.25, 0.3) is 0 Å². The molecule has 0 saturated carbocycles. The molecule has 1 rings (SSSR count). The number of rotatable bonds is 8. The Hall–Kier alpha value is -1.48. The fourth-order valence-electron chi connectivity index (χ4n) is 1.52. The molecule has 0 atom stereocenters. The Morgan fingerprint density at radius 1 is 1.60 bits per heavy atom. The third kappa shape index (κ3) is 4.57. The Morgan fingerprint density at radius 2 is 2.30 bits per heavy atom. The van der Waals surface area contributed by atoms with E-state index in [0.29, 0.717) is 29.9 Å². The summed E-state index contributed by atoms with van der Waals surface area (Å²) in [5, 5.41) is 17.2. The van der Waals surface area contributed by atoms with Crippen LogP contribution in [0.2, 0.25) is 0 Å². The molecule has 1 aromatic heterocycles. The van der Waals surface area contributed by atoms with Crippen LogP contribution >= 0.6 is 15.9 Å². The number of halogens is 1. The predicted octanol–water partition coefficient (Wildman–Crippen LogP) is 1.41. The summed E-state index contributed by atoms with van der Waals surface area (Å²) in [6.45, 7) is 5.26. The van der Waals surface area contributed by atoms with Crippen LogP contribution < -0.4 is 5.32 Å². The lowest BCUT2D eigenvalue weighted by atomic mass is 10.4. The lowest BCUT2D eigenvalue weighted by molar-refractivity contribution is -0.390. The van der Waals surface area contributed by atoms with Gasteiger partial charge in [-0.1, -0.05) is 0 Å². The Bertz CT molecular complexity index is 489. The molecule has 0 saturated heterocycles. The first-order valence-electron chi connectivity index (χ1n) is 6.19. The normalized spacial score (nSPS) is 10.6. The molecule has 0 fully saturated rings. The number of hydrogen-bond acceptors (Lipinski definition) is 5. The van der Waals surface area contributed by atoms with Crippen LogP contribution in [-0.2, 0) is 16.1 Å². The van der Waals surface area contributed by atoms with Crippen molar-refractivity contribution >= 4 is 27.7 Å². The van der Waals surface area contributed by atoms with Gasteiger partial charge in [0.1, 0.15) is 11.0 Å². The third-order valence-electron chi connectivity index (χ3n) is 2.57. The molecular formula is C11H17BrN4O4. The molecule has 20 heavy (non-hydrogen) atoms. The third-order valence-corrected chi connectivity index (χ3v) is 3.50. The maximum atomic E-state index is 11.7. The molecule has 0 aromatic carbocycles. The van der Waals surface area contributed by atoms with Gasteiger partial charge in [-0.25, -0.2) is 0 Å². The summed E-state index contributed by atoms with van der Waals surface area (Å²) in [5.41, 5.74) is 0.543. The van der Waals surface area contributed by atoms with E-state index in [1.807, 2.05) is 6.92 Å². The molecule has 0 radical (unpaired) electrons. The monoisotopic (exact) mass is 348 g/mol. The minimum absolute atomic E-state index is 0.0487. The van der Waals surface area contributed by atoms with E-state index in [2.05, 4.69) is 26.3 Å². The highest BCUT2D eigenvalue weighted by Gasteiger charge is 2.24. The molecule has 0 aliphatic heterocycles. The van der Waals surface area contributed by atoms with Crippen molar-refractivity contribution < 1.29 is 14.5 Å². The summed E-state index contributed by atoms with van der Waals surface area (Å²) in [5.74, 6) is -0.527. The van der Waals surface area contributed by atoms with E-state index in [1.54, 1.807) is 6.92 Å². The van der Waals surface area contributed by atoms with Crippen molar-refractivity contribution in [3.05, 3.63) is 20.3 Å². The average molecular weight is 349 g/mol. The number of ether oxygens (including phenoxy) is 1. The molecule has 9 heteroatoms. The minimum atomic E-state index is -0.590. The smallest absolute Gasteiger partial charge is 0.382 e. The van der Waals surface area contributed by atoms with E-state index in [-0.39, 0.29) is 18.3 Å². The zero-order valence-electron chi connectivity index (χ0n) is 11.4. The van der Waals surface area contributed by atoms with Crippen LogP contribution in [-0.4, -0.2) is 40.4 Å². The SMILES string of the molecule is CCOCCCNC(=O)Cn1nc([N+](=O)[O-])c(Br)c1C. The summed E-state index contributed by atoms with van der Waals surface area (Å²) in [7, 11) is 0. The van der Waals surface area contributed by atoms with Gasteiger partial charge in [-0.2, -0.15) is 4.68 Å². The van der Waals surface area contributed by atoms with Crippen molar-refractivity contribution in [2.24, 2.45) is 0 Å². The summed E-state index contributed by atoms with van der Waals surface area (Å²) in [4.78, 5) is 21.8. The number of aromatic nitrogens is 2. The molecular weight excluding hydrogens is 332 g/mol. The van der Waals surface area contributed by atoms with Gasteiger partial charge in [0.15, 0.2) is 0 Å². The number of nitro groups is 1. The van der Waals surface area contributed by atoms with Gasteiger partial charge in [-0.15, -0.1) is 0 Å². The fourth-order valence-corrected chi connectivity index (χ4v) is 1.95. The molecule has 1 heterocycles. The van der Waals surface area contributed by atoms with E-state index >= 15 is 0 Å². The number of nitrogens with one attached hydrogen (secondary N) is 1. The molecule has 8 nitrogen and oxygen atoms in total. The summed E-state index contributed by atoms with van der Waals surface area (Å²) in [6, 6.07) is 0. The average Bonchev–Trinajstić information content (AvgIpc) is 2.67. The van der Waals surface area contributed by atoms with Gasteiger partial charge in [0.2, 0.25) is 5.91 Å². The lowest BCUT2D eigenvalue weighted by Crippen LogP contribution is -2.29. The molecule has 1 aromatic rings. The van der Waals surface area contributed by atoms with Gasteiger partial charge in [-0.3, -0.25) is 4.79 Å². The highest BCUT2D eigenvalue weighted by atomic mass is 79.9. The molecule has 0 bridgehead atoms. The standard InChI is InChI=1S/C11H17BrN4O4/c1-3-20-6-4-5-13-9(17)7-15-8(2)10(12)11(14-15)16(18)19/h3-7H2,1-2H3,(H,13,17). The summed E-state index contributed by atoms with van der Waals surface area (Å²) in [6.07, 6.45) is 0.724. The second-order valence-corrected chi connectivity index (χ2v) is 4.83. The van der Waals surface area contributed by atoms with Crippen molar-refractivity contribution in [1.82, 2.24) is 15.1 Å². The number of carbonyl (C=O) groups is 1. The van der Waals surface area contributed by atoms with E-state index in [0.717, 1.165) is 6.42 Å². The quantitative estimate of drug-likeness (QED) is 0.435. The van der Waals surface area contributed by atoms with Crippen molar-refractivity contribution in [2.75, 3.05) is 19.8 Å². The largest absolute Gasteiger partial charge is 0.404 e. The van der Waals surface area contributed by atoms with E-state index < -0.39 is 4.92 Å². The number of amides is 1. The fraction of sp³-hybridized carbons (Fsp3) is 0.636. The van der Waals surface area contributed by atoms with Crippen LogP contribution in [0, 0.1) is 17.0 Å². The van der Waals surface area contributed by atoms with Gasteiger partial charge in [0.25, 0.3) is 0 Å². The second kappa shape index (κ2) is 7.95. The molecule has 0 aliphatic carbocycles. The van der Waals surface area contributed by atoms with Crippen LogP contribution in [0.4, 0.5) is 5.82 Å². The minimum Gasteiger partial charge on any atom is -0.382 e. The highest BCUT2D eigenvalue weighted by Crippen LogP contribution is 2.26. The molecule has 0 unspecified atom stereocenters. The van der Waals surface area contributed by atoms with Crippen LogP contribution in [0.3, 0.4) is 0 Å². The second-order valence-electron chi connectivity index (χ2n) is 4.04. The van der Waals surface area contributed by atoms with Gasteiger partial charge in [0, 0.05) is 19.8 Å². The summed E-state index contributed by atoms with van der Waals surface area (Å²) < 4.78 is 6.75. The maximum absolute atomic E-state index is 11.7. The van der Waals surface area contributed by atoms with Crippen LogP contribution in [0.1, 0.15) is 19.0 Å². The molecule has 112 valence electrons. The first-order chi connectivity index (χ1) is 9.47. The van der Waals surface area contributed by atoms with Gasteiger partial charge < -0.3 is 20.2 Å². The molecule has 0 spiro atoms. The number of nitrogens with zero attached hydrogens (tertiary/aromatic N) is 3. The topological polar surface area (TPSA) is 99.3 Å². The zero-order valence-corrected chi connectivity index (χ0v) is 13.0. The first-order valence-corrected chi connectivity index (χ1v) is 6.98. The van der Waals surface area contributed by atoms with Crippen LogP contribution in [0.15, 0.2) is 4.47 Å². The van der Waals surface area contributed by atoms with Gasteiger partial charge >= 0.3 is 5.82 Å². The first kappa shape index (κ1) is 16.6. The molecule has 1 amide bonds. The van der Waals surface area contributed by atoms with Gasteiger partial charge in [0.05, 0.1) is 10.8 Å². The molecule has 0 aliphatic rings.